The van der Waals surface area contributed by atoms with E-state index < -0.39 is 6.10 Å². The first-order valence-electron chi connectivity index (χ1n) is 5.39. The van der Waals surface area contributed by atoms with Crippen LogP contribution in [0.5, 0.6) is 5.75 Å². The summed E-state index contributed by atoms with van der Waals surface area (Å²) in [4.78, 5) is 0. The molecule has 0 aliphatic carbocycles. The minimum absolute atomic E-state index is 0.535. The minimum atomic E-state index is -0.739. The van der Waals surface area contributed by atoms with Gasteiger partial charge in [-0.2, -0.15) is 0 Å². The molecule has 2 nitrogen and oxygen atoms in total. The summed E-state index contributed by atoms with van der Waals surface area (Å²) in [6.07, 6.45) is -0.739. The third-order valence-electron chi connectivity index (χ3n) is 2.69. The molecule has 94 valence electrons. The zero-order valence-corrected chi connectivity index (χ0v) is 12.1. The van der Waals surface area contributed by atoms with Crippen LogP contribution in [0.4, 0.5) is 0 Å². The van der Waals surface area contributed by atoms with E-state index in [1.807, 2.05) is 30.3 Å². The second kappa shape index (κ2) is 5.74. The summed E-state index contributed by atoms with van der Waals surface area (Å²) in [5.74, 6) is 0.757. The Hall–Kier alpha value is -1.03. The monoisotopic (exact) mass is 326 g/mol. The first-order chi connectivity index (χ1) is 8.61. The highest BCUT2D eigenvalue weighted by Crippen LogP contribution is 2.31. The van der Waals surface area contributed by atoms with Crippen LogP contribution in [0.2, 0.25) is 5.02 Å². The third-order valence-corrected chi connectivity index (χ3v) is 3.51. The lowest BCUT2D eigenvalue weighted by Crippen LogP contribution is -2.00. The van der Waals surface area contributed by atoms with Crippen LogP contribution in [-0.2, 0) is 0 Å². The van der Waals surface area contributed by atoms with Crippen molar-refractivity contribution < 1.29 is 9.84 Å². The SMILES string of the molecule is COc1ccc(C(O)c2ccc(Br)cc2Cl)cc1. The molecule has 0 aliphatic rings. The molecule has 0 spiro atoms. The topological polar surface area (TPSA) is 29.5 Å². The highest BCUT2D eigenvalue weighted by Gasteiger charge is 2.14. The molecule has 0 bridgehead atoms. The predicted molar refractivity (Wildman–Crippen MR) is 76.2 cm³/mol. The normalized spacial score (nSPS) is 12.2. The predicted octanol–water partition coefficient (Wildman–Crippen LogP) is 4.19. The summed E-state index contributed by atoms with van der Waals surface area (Å²) in [5.41, 5.74) is 1.46. The van der Waals surface area contributed by atoms with Crippen molar-refractivity contribution in [3.63, 3.8) is 0 Å². The Balaban J connectivity index is 2.31. The van der Waals surface area contributed by atoms with Crippen LogP contribution in [0.15, 0.2) is 46.9 Å². The highest BCUT2D eigenvalue weighted by molar-refractivity contribution is 9.10. The molecule has 0 saturated heterocycles. The number of aliphatic hydroxyl groups is 1. The van der Waals surface area contributed by atoms with Crippen LogP contribution in [0, 0.1) is 0 Å². The maximum Gasteiger partial charge on any atom is 0.118 e. The fourth-order valence-electron chi connectivity index (χ4n) is 1.69. The first-order valence-corrected chi connectivity index (χ1v) is 6.56. The number of ether oxygens (including phenoxy) is 1. The lowest BCUT2D eigenvalue weighted by Gasteiger charge is -2.13. The third kappa shape index (κ3) is 2.86. The molecule has 0 amide bonds. The minimum Gasteiger partial charge on any atom is -0.497 e. The molecule has 0 aromatic heterocycles. The molecule has 2 aromatic rings. The molecule has 2 rings (SSSR count). The van der Waals surface area contributed by atoms with Crippen LogP contribution in [0.3, 0.4) is 0 Å². The van der Waals surface area contributed by atoms with Crippen molar-refractivity contribution in [1.82, 2.24) is 0 Å². The van der Waals surface area contributed by atoms with Gasteiger partial charge in [0.2, 0.25) is 0 Å². The van der Waals surface area contributed by atoms with Crippen LogP contribution in [-0.4, -0.2) is 12.2 Å². The van der Waals surface area contributed by atoms with E-state index in [0.29, 0.717) is 10.6 Å². The number of benzene rings is 2. The maximum absolute atomic E-state index is 10.3. The molecule has 0 radical (unpaired) electrons. The Morgan fingerprint density at radius 2 is 1.83 bits per heavy atom. The molecule has 4 heteroatoms. The van der Waals surface area contributed by atoms with Crippen LogP contribution >= 0.6 is 27.5 Å². The Bertz CT molecular complexity index is 540. The Labute approximate surface area is 119 Å². The van der Waals surface area contributed by atoms with Crippen molar-refractivity contribution in [3.05, 3.63) is 63.1 Å². The number of rotatable bonds is 3. The molecule has 0 aliphatic heterocycles. The molecule has 0 fully saturated rings. The zero-order valence-electron chi connectivity index (χ0n) is 9.73. The average molecular weight is 328 g/mol. The van der Waals surface area contributed by atoms with E-state index >= 15 is 0 Å². The molecular weight excluding hydrogens is 316 g/mol. The maximum atomic E-state index is 10.3. The Kier molecular flexibility index (Phi) is 4.27. The molecule has 0 saturated carbocycles. The highest BCUT2D eigenvalue weighted by atomic mass is 79.9. The second-order valence-corrected chi connectivity index (χ2v) is 5.16. The lowest BCUT2D eigenvalue weighted by atomic mass is 10.0. The van der Waals surface area contributed by atoms with Gasteiger partial charge < -0.3 is 9.84 Å². The first kappa shape index (κ1) is 13.4. The summed E-state index contributed by atoms with van der Waals surface area (Å²) in [5, 5.41) is 10.8. The number of halogens is 2. The fraction of sp³-hybridized carbons (Fsp3) is 0.143. The largest absolute Gasteiger partial charge is 0.497 e. The van der Waals surface area contributed by atoms with Gasteiger partial charge in [0.15, 0.2) is 0 Å². The summed E-state index contributed by atoms with van der Waals surface area (Å²) >= 11 is 9.46. The Morgan fingerprint density at radius 3 is 2.39 bits per heavy atom. The van der Waals surface area contributed by atoms with Gasteiger partial charge in [0.1, 0.15) is 11.9 Å². The number of methoxy groups -OCH3 is 1. The molecule has 1 unspecified atom stereocenters. The van der Waals surface area contributed by atoms with E-state index in [9.17, 15) is 5.11 Å². The van der Waals surface area contributed by atoms with Gasteiger partial charge in [-0.1, -0.05) is 45.7 Å². The quantitative estimate of drug-likeness (QED) is 0.916. The number of hydrogen-bond donors (Lipinski definition) is 1. The van der Waals surface area contributed by atoms with E-state index in [1.54, 1.807) is 19.2 Å². The summed E-state index contributed by atoms with van der Waals surface area (Å²) in [6, 6.07) is 12.7. The molecule has 0 heterocycles. The molecule has 18 heavy (non-hydrogen) atoms. The van der Waals surface area contributed by atoms with Crippen molar-refractivity contribution in [3.8, 4) is 5.75 Å². The molecule has 1 N–H and O–H groups in total. The van der Waals surface area contributed by atoms with E-state index in [2.05, 4.69) is 15.9 Å². The molecular formula is C14H12BrClO2. The standard InChI is InChI=1S/C14H12BrClO2/c1-18-11-5-2-9(3-6-11)14(17)12-7-4-10(15)8-13(12)16/h2-8,14,17H,1H3. The van der Waals surface area contributed by atoms with Crippen molar-refractivity contribution in [2.45, 2.75) is 6.10 Å². The van der Waals surface area contributed by atoms with E-state index in [1.165, 1.54) is 0 Å². The van der Waals surface area contributed by atoms with Crippen molar-refractivity contribution in [2.24, 2.45) is 0 Å². The number of hydrogen-bond acceptors (Lipinski definition) is 2. The van der Waals surface area contributed by atoms with E-state index in [0.717, 1.165) is 15.8 Å². The van der Waals surface area contributed by atoms with Gasteiger partial charge >= 0.3 is 0 Å². The van der Waals surface area contributed by atoms with E-state index in [4.69, 9.17) is 16.3 Å². The van der Waals surface area contributed by atoms with E-state index in [-0.39, 0.29) is 0 Å². The summed E-state index contributed by atoms with van der Waals surface area (Å²) in [6.45, 7) is 0. The van der Waals surface area contributed by atoms with Crippen LogP contribution < -0.4 is 4.74 Å². The van der Waals surface area contributed by atoms with Gasteiger partial charge in [0, 0.05) is 15.1 Å². The van der Waals surface area contributed by atoms with Crippen molar-refractivity contribution in [1.29, 1.82) is 0 Å². The average Bonchev–Trinajstić information content (AvgIpc) is 2.38. The smallest absolute Gasteiger partial charge is 0.118 e. The fourth-order valence-corrected chi connectivity index (χ4v) is 2.47. The summed E-state index contributed by atoms with van der Waals surface area (Å²) in [7, 11) is 1.61. The molecule has 2 aromatic carbocycles. The van der Waals surface area contributed by atoms with Crippen molar-refractivity contribution in [2.75, 3.05) is 7.11 Å². The molecule has 1 atom stereocenters. The van der Waals surface area contributed by atoms with Crippen LogP contribution in [0.1, 0.15) is 17.2 Å². The lowest BCUT2D eigenvalue weighted by molar-refractivity contribution is 0.220. The second-order valence-electron chi connectivity index (χ2n) is 3.84. The van der Waals surface area contributed by atoms with Crippen LogP contribution in [0.25, 0.3) is 0 Å². The van der Waals surface area contributed by atoms with Gasteiger partial charge in [-0.25, -0.2) is 0 Å². The van der Waals surface area contributed by atoms with Crippen molar-refractivity contribution >= 4 is 27.5 Å². The summed E-state index contributed by atoms with van der Waals surface area (Å²) < 4.78 is 5.97. The van der Waals surface area contributed by atoms with Gasteiger partial charge in [-0.05, 0) is 29.8 Å². The van der Waals surface area contributed by atoms with Gasteiger partial charge in [0.25, 0.3) is 0 Å². The zero-order chi connectivity index (χ0) is 13.1. The number of aliphatic hydroxyl groups excluding tert-OH is 1. The van der Waals surface area contributed by atoms with Gasteiger partial charge in [-0.3, -0.25) is 0 Å². The van der Waals surface area contributed by atoms with Gasteiger partial charge in [0.05, 0.1) is 7.11 Å². The Morgan fingerprint density at radius 1 is 1.17 bits per heavy atom. The van der Waals surface area contributed by atoms with Gasteiger partial charge in [-0.15, -0.1) is 0 Å².